The number of hydrogen-bond acceptors (Lipinski definition) is 1. The molecule has 0 saturated carbocycles. The predicted octanol–water partition coefficient (Wildman–Crippen LogP) is 4.78. The average Bonchev–Trinajstić information content (AvgIpc) is 2.81. The highest BCUT2D eigenvalue weighted by atomic mass is 79.9. The van der Waals surface area contributed by atoms with Crippen LogP contribution in [-0.2, 0) is 6.18 Å². The Labute approximate surface area is 121 Å². The summed E-state index contributed by atoms with van der Waals surface area (Å²) in [5, 5.41) is 0. The minimum atomic E-state index is -4.41. The quantitative estimate of drug-likeness (QED) is 0.623. The van der Waals surface area contributed by atoms with Gasteiger partial charge in [0, 0.05) is 16.2 Å². The Bertz CT molecular complexity index is 760. The molecular weight excluding hydrogens is 333 g/mol. The van der Waals surface area contributed by atoms with Crippen LogP contribution in [0.2, 0.25) is 0 Å². The van der Waals surface area contributed by atoms with E-state index in [0.717, 1.165) is 20.5 Å². The summed E-state index contributed by atoms with van der Waals surface area (Å²) in [5.74, 6) is 0. The normalized spacial score (nSPS) is 12.0. The van der Waals surface area contributed by atoms with E-state index < -0.39 is 11.9 Å². The zero-order valence-electron chi connectivity index (χ0n) is 10.0. The second-order valence-electron chi connectivity index (χ2n) is 4.27. The maximum atomic E-state index is 12.9. The van der Waals surface area contributed by atoms with E-state index in [2.05, 4.69) is 20.9 Å². The van der Waals surface area contributed by atoms with Crippen molar-refractivity contribution in [3.8, 4) is 11.3 Å². The van der Waals surface area contributed by atoms with Crippen LogP contribution in [0.4, 0.5) is 13.2 Å². The second-order valence-corrected chi connectivity index (χ2v) is 5.19. The van der Waals surface area contributed by atoms with Gasteiger partial charge in [0.05, 0.1) is 5.69 Å². The van der Waals surface area contributed by atoms with Crippen molar-refractivity contribution >= 4 is 21.6 Å². The van der Waals surface area contributed by atoms with Crippen LogP contribution in [0.3, 0.4) is 0 Å². The number of nitrogens with zero attached hydrogens (tertiary/aromatic N) is 2. The Morgan fingerprint density at radius 3 is 2.35 bits per heavy atom. The van der Waals surface area contributed by atoms with E-state index in [-0.39, 0.29) is 5.65 Å². The molecule has 0 aliphatic rings. The number of halogens is 4. The van der Waals surface area contributed by atoms with Crippen molar-refractivity contribution < 1.29 is 13.2 Å². The third kappa shape index (κ3) is 2.31. The molecule has 2 aromatic heterocycles. The van der Waals surface area contributed by atoms with Gasteiger partial charge in [-0.1, -0.05) is 34.1 Å². The minimum absolute atomic E-state index is 0.276. The highest BCUT2D eigenvalue weighted by Crippen LogP contribution is 2.31. The van der Waals surface area contributed by atoms with E-state index in [1.807, 2.05) is 12.1 Å². The van der Waals surface area contributed by atoms with Gasteiger partial charge in [0.2, 0.25) is 0 Å². The summed E-state index contributed by atoms with van der Waals surface area (Å²) in [6, 6.07) is 11.2. The van der Waals surface area contributed by atoms with Crippen LogP contribution in [0, 0.1) is 0 Å². The van der Waals surface area contributed by atoms with Crippen molar-refractivity contribution in [2.75, 3.05) is 0 Å². The summed E-state index contributed by atoms with van der Waals surface area (Å²) in [6.07, 6.45) is -3.00. The van der Waals surface area contributed by atoms with Crippen LogP contribution >= 0.6 is 15.9 Å². The van der Waals surface area contributed by atoms with Gasteiger partial charge in [0.1, 0.15) is 11.3 Å². The Kier molecular flexibility index (Phi) is 3.05. The van der Waals surface area contributed by atoms with E-state index >= 15 is 0 Å². The smallest absolute Gasteiger partial charge is 0.295 e. The van der Waals surface area contributed by atoms with E-state index in [1.165, 1.54) is 12.3 Å². The monoisotopic (exact) mass is 340 g/mol. The highest BCUT2D eigenvalue weighted by molar-refractivity contribution is 9.10. The first-order chi connectivity index (χ1) is 9.45. The van der Waals surface area contributed by atoms with Crippen LogP contribution in [0.15, 0.2) is 53.1 Å². The molecule has 0 aliphatic carbocycles. The van der Waals surface area contributed by atoms with E-state index in [9.17, 15) is 13.2 Å². The lowest BCUT2D eigenvalue weighted by Crippen LogP contribution is -2.10. The molecule has 3 rings (SSSR count). The summed E-state index contributed by atoms with van der Waals surface area (Å²) >= 11 is 3.32. The topological polar surface area (TPSA) is 17.3 Å². The lowest BCUT2D eigenvalue weighted by molar-refractivity contribution is -0.142. The maximum Gasteiger partial charge on any atom is 0.431 e. The van der Waals surface area contributed by atoms with E-state index in [4.69, 9.17) is 0 Å². The molecule has 0 radical (unpaired) electrons. The van der Waals surface area contributed by atoms with Crippen LogP contribution in [0.1, 0.15) is 5.69 Å². The van der Waals surface area contributed by atoms with Crippen molar-refractivity contribution in [3.63, 3.8) is 0 Å². The molecule has 2 nitrogen and oxygen atoms in total. The SMILES string of the molecule is FC(F)(F)c1cccc2nc(-c3ccc(Br)cc3)cn12. The Hall–Kier alpha value is -1.82. The number of aromatic nitrogens is 2. The van der Waals surface area contributed by atoms with Gasteiger partial charge in [0.25, 0.3) is 0 Å². The predicted molar refractivity (Wildman–Crippen MR) is 73.3 cm³/mol. The standard InChI is InChI=1S/C14H8BrF3N2/c15-10-6-4-9(5-7-10)11-8-20-12(14(16,17)18)2-1-3-13(20)19-11/h1-8H. The highest BCUT2D eigenvalue weighted by Gasteiger charge is 2.33. The van der Waals surface area contributed by atoms with Gasteiger partial charge >= 0.3 is 6.18 Å². The average molecular weight is 341 g/mol. The molecule has 6 heteroatoms. The van der Waals surface area contributed by atoms with Crippen molar-refractivity contribution in [2.45, 2.75) is 6.18 Å². The molecule has 2 heterocycles. The second kappa shape index (κ2) is 4.63. The fourth-order valence-electron chi connectivity index (χ4n) is 2.00. The lowest BCUT2D eigenvalue weighted by atomic mass is 10.2. The number of benzene rings is 1. The van der Waals surface area contributed by atoms with Gasteiger partial charge < -0.3 is 0 Å². The number of imidazole rings is 1. The van der Waals surface area contributed by atoms with Gasteiger partial charge in [-0.25, -0.2) is 4.98 Å². The zero-order valence-corrected chi connectivity index (χ0v) is 11.6. The molecule has 0 atom stereocenters. The fraction of sp³-hybridized carbons (Fsp3) is 0.0714. The molecule has 0 fully saturated rings. The molecule has 0 spiro atoms. The summed E-state index contributed by atoms with van der Waals surface area (Å²) in [6.45, 7) is 0. The van der Waals surface area contributed by atoms with Gasteiger partial charge in [-0.3, -0.25) is 4.40 Å². The molecule has 1 aromatic carbocycles. The number of fused-ring (bicyclic) bond motifs is 1. The summed E-state index contributed by atoms with van der Waals surface area (Å²) < 4.78 is 40.8. The van der Waals surface area contributed by atoms with Crippen LogP contribution in [-0.4, -0.2) is 9.38 Å². The fourth-order valence-corrected chi connectivity index (χ4v) is 2.27. The van der Waals surface area contributed by atoms with Crippen molar-refractivity contribution in [1.29, 1.82) is 0 Å². The van der Waals surface area contributed by atoms with Gasteiger partial charge in [-0.15, -0.1) is 0 Å². The van der Waals surface area contributed by atoms with Crippen LogP contribution in [0.25, 0.3) is 16.9 Å². The van der Waals surface area contributed by atoms with Gasteiger partial charge in [-0.05, 0) is 24.3 Å². The molecular formula is C14H8BrF3N2. The molecule has 0 unspecified atom stereocenters. The molecule has 102 valence electrons. The summed E-state index contributed by atoms with van der Waals surface area (Å²) in [4.78, 5) is 4.23. The number of pyridine rings is 1. The molecule has 0 N–H and O–H groups in total. The first kappa shape index (κ1) is 13.2. The third-order valence-corrected chi connectivity index (χ3v) is 3.45. The van der Waals surface area contributed by atoms with Gasteiger partial charge in [0.15, 0.2) is 0 Å². The van der Waals surface area contributed by atoms with Crippen molar-refractivity contribution in [1.82, 2.24) is 9.38 Å². The first-order valence-electron chi connectivity index (χ1n) is 5.76. The number of rotatable bonds is 1. The summed E-state index contributed by atoms with van der Waals surface area (Å²) in [5.41, 5.74) is 0.822. The van der Waals surface area contributed by atoms with Crippen LogP contribution in [0.5, 0.6) is 0 Å². The molecule has 0 saturated heterocycles. The first-order valence-corrected chi connectivity index (χ1v) is 6.56. The third-order valence-electron chi connectivity index (χ3n) is 2.92. The number of alkyl halides is 3. The zero-order chi connectivity index (χ0) is 14.3. The molecule has 0 amide bonds. The molecule has 0 bridgehead atoms. The van der Waals surface area contributed by atoms with E-state index in [0.29, 0.717) is 5.69 Å². The molecule has 20 heavy (non-hydrogen) atoms. The largest absolute Gasteiger partial charge is 0.431 e. The number of hydrogen-bond donors (Lipinski definition) is 0. The van der Waals surface area contributed by atoms with Crippen LogP contribution < -0.4 is 0 Å². The Morgan fingerprint density at radius 2 is 1.70 bits per heavy atom. The Morgan fingerprint density at radius 1 is 1.00 bits per heavy atom. The van der Waals surface area contributed by atoms with Gasteiger partial charge in [-0.2, -0.15) is 13.2 Å². The maximum absolute atomic E-state index is 12.9. The summed E-state index contributed by atoms with van der Waals surface area (Å²) in [7, 11) is 0. The lowest BCUT2D eigenvalue weighted by Gasteiger charge is -2.08. The molecule has 0 aliphatic heterocycles. The molecule has 3 aromatic rings. The van der Waals surface area contributed by atoms with E-state index in [1.54, 1.807) is 18.2 Å². The Balaban J connectivity index is 2.18. The minimum Gasteiger partial charge on any atom is -0.295 e. The van der Waals surface area contributed by atoms with Crippen molar-refractivity contribution in [2.24, 2.45) is 0 Å². The van der Waals surface area contributed by atoms with Crippen molar-refractivity contribution in [3.05, 3.63) is 58.8 Å².